The molecule has 90 valence electrons. The summed E-state index contributed by atoms with van der Waals surface area (Å²) in [6.45, 7) is 13.6. The quantitative estimate of drug-likeness (QED) is 0.700. The molecule has 0 heterocycles. The molecule has 0 atom stereocenters. The van der Waals surface area contributed by atoms with E-state index in [1.807, 2.05) is 11.8 Å². The summed E-state index contributed by atoms with van der Waals surface area (Å²) in [6.07, 6.45) is 0. The van der Waals surface area contributed by atoms with Crippen LogP contribution in [-0.2, 0) is 4.79 Å². The van der Waals surface area contributed by atoms with Crippen molar-refractivity contribution in [2.75, 3.05) is 26.2 Å². The van der Waals surface area contributed by atoms with Crippen LogP contribution < -0.4 is 5.32 Å². The highest BCUT2D eigenvalue weighted by Crippen LogP contribution is 2.03. The van der Waals surface area contributed by atoms with E-state index in [-0.39, 0.29) is 5.91 Å². The zero-order valence-electron chi connectivity index (χ0n) is 10.8. The van der Waals surface area contributed by atoms with E-state index in [0.717, 1.165) is 19.6 Å². The SMILES string of the molecule is CCNCC(=O)N(CC(C)C)CC(C)C. The Morgan fingerprint density at radius 3 is 1.93 bits per heavy atom. The maximum absolute atomic E-state index is 11.8. The number of nitrogens with zero attached hydrogens (tertiary/aromatic N) is 1. The number of rotatable bonds is 7. The zero-order chi connectivity index (χ0) is 11.8. The van der Waals surface area contributed by atoms with Gasteiger partial charge >= 0.3 is 0 Å². The minimum Gasteiger partial charge on any atom is -0.341 e. The van der Waals surface area contributed by atoms with Crippen molar-refractivity contribution in [1.82, 2.24) is 10.2 Å². The third-order valence-corrected chi connectivity index (χ3v) is 2.05. The van der Waals surface area contributed by atoms with Gasteiger partial charge in [-0.3, -0.25) is 4.79 Å². The Morgan fingerprint density at radius 2 is 1.60 bits per heavy atom. The summed E-state index contributed by atoms with van der Waals surface area (Å²) in [6, 6.07) is 0. The van der Waals surface area contributed by atoms with Gasteiger partial charge in [-0.05, 0) is 18.4 Å². The topological polar surface area (TPSA) is 32.3 Å². The van der Waals surface area contributed by atoms with Gasteiger partial charge in [-0.1, -0.05) is 34.6 Å². The lowest BCUT2D eigenvalue weighted by atomic mass is 10.1. The van der Waals surface area contributed by atoms with Crippen molar-refractivity contribution in [2.45, 2.75) is 34.6 Å². The van der Waals surface area contributed by atoms with Gasteiger partial charge in [-0.2, -0.15) is 0 Å². The van der Waals surface area contributed by atoms with Gasteiger partial charge in [0.15, 0.2) is 0 Å². The van der Waals surface area contributed by atoms with E-state index >= 15 is 0 Å². The van der Waals surface area contributed by atoms with E-state index in [2.05, 4.69) is 33.0 Å². The Labute approximate surface area is 94.2 Å². The van der Waals surface area contributed by atoms with E-state index in [4.69, 9.17) is 0 Å². The second-order valence-electron chi connectivity index (χ2n) is 4.87. The first-order valence-electron chi connectivity index (χ1n) is 5.95. The molecule has 1 N–H and O–H groups in total. The van der Waals surface area contributed by atoms with E-state index in [1.54, 1.807) is 0 Å². The first-order valence-corrected chi connectivity index (χ1v) is 5.95. The standard InChI is InChI=1S/C12H26N2O/c1-6-13-7-12(15)14(8-10(2)3)9-11(4)5/h10-11,13H,6-9H2,1-5H3. The zero-order valence-corrected chi connectivity index (χ0v) is 10.8. The van der Waals surface area contributed by atoms with Crippen LogP contribution in [0.2, 0.25) is 0 Å². The third-order valence-electron chi connectivity index (χ3n) is 2.05. The normalized spacial score (nSPS) is 11.1. The molecule has 0 rings (SSSR count). The average Bonchev–Trinajstić information content (AvgIpc) is 2.11. The second kappa shape index (κ2) is 7.69. The number of carbonyl (C=O) groups excluding carboxylic acids is 1. The van der Waals surface area contributed by atoms with Crippen LogP contribution in [0.25, 0.3) is 0 Å². The van der Waals surface area contributed by atoms with Crippen LogP contribution >= 0.6 is 0 Å². The minimum atomic E-state index is 0.222. The van der Waals surface area contributed by atoms with Gasteiger partial charge in [-0.25, -0.2) is 0 Å². The smallest absolute Gasteiger partial charge is 0.236 e. The first kappa shape index (κ1) is 14.4. The Morgan fingerprint density at radius 1 is 1.13 bits per heavy atom. The van der Waals surface area contributed by atoms with Crippen molar-refractivity contribution in [3.8, 4) is 0 Å². The fourth-order valence-electron chi connectivity index (χ4n) is 1.50. The molecule has 3 heteroatoms. The Hall–Kier alpha value is -0.570. The molecule has 0 aromatic rings. The van der Waals surface area contributed by atoms with Crippen molar-refractivity contribution in [1.29, 1.82) is 0 Å². The molecule has 3 nitrogen and oxygen atoms in total. The second-order valence-corrected chi connectivity index (χ2v) is 4.87. The molecule has 0 saturated heterocycles. The molecule has 0 aliphatic carbocycles. The molecule has 15 heavy (non-hydrogen) atoms. The molecule has 0 unspecified atom stereocenters. The summed E-state index contributed by atoms with van der Waals surface area (Å²) in [4.78, 5) is 13.8. The van der Waals surface area contributed by atoms with E-state index in [1.165, 1.54) is 0 Å². The van der Waals surface area contributed by atoms with E-state index in [0.29, 0.717) is 18.4 Å². The largest absolute Gasteiger partial charge is 0.341 e. The molecule has 1 amide bonds. The molecular weight excluding hydrogens is 188 g/mol. The van der Waals surface area contributed by atoms with Gasteiger partial charge in [0.05, 0.1) is 6.54 Å². The monoisotopic (exact) mass is 214 g/mol. The molecule has 0 bridgehead atoms. The average molecular weight is 214 g/mol. The van der Waals surface area contributed by atoms with Crippen LogP contribution in [0.15, 0.2) is 0 Å². The molecule has 0 radical (unpaired) electrons. The molecule has 0 spiro atoms. The Balaban J connectivity index is 4.14. The maximum atomic E-state index is 11.8. The molecule has 0 aliphatic rings. The van der Waals surface area contributed by atoms with Crippen LogP contribution in [0.5, 0.6) is 0 Å². The van der Waals surface area contributed by atoms with Crippen molar-refractivity contribution in [2.24, 2.45) is 11.8 Å². The van der Waals surface area contributed by atoms with Crippen LogP contribution in [0.4, 0.5) is 0 Å². The van der Waals surface area contributed by atoms with Crippen molar-refractivity contribution in [3.05, 3.63) is 0 Å². The van der Waals surface area contributed by atoms with Gasteiger partial charge in [0.1, 0.15) is 0 Å². The first-order chi connectivity index (χ1) is 6.97. The van der Waals surface area contributed by atoms with Gasteiger partial charge in [0.25, 0.3) is 0 Å². The molecule has 0 aromatic carbocycles. The summed E-state index contributed by atoms with van der Waals surface area (Å²) in [5, 5.41) is 3.08. The van der Waals surface area contributed by atoms with E-state index < -0.39 is 0 Å². The lowest BCUT2D eigenvalue weighted by Gasteiger charge is -2.26. The summed E-state index contributed by atoms with van der Waals surface area (Å²) in [5.74, 6) is 1.29. The van der Waals surface area contributed by atoms with Gasteiger partial charge in [0, 0.05) is 13.1 Å². The highest BCUT2D eigenvalue weighted by atomic mass is 16.2. The Bertz CT molecular complexity index is 168. The minimum absolute atomic E-state index is 0.222. The molecule has 0 aromatic heterocycles. The molecule has 0 fully saturated rings. The summed E-state index contributed by atoms with van der Waals surface area (Å²) in [7, 11) is 0. The number of hydrogen-bond acceptors (Lipinski definition) is 2. The number of likely N-dealkylation sites (N-methyl/N-ethyl adjacent to an activating group) is 1. The van der Waals surface area contributed by atoms with Crippen molar-refractivity contribution in [3.63, 3.8) is 0 Å². The van der Waals surface area contributed by atoms with E-state index in [9.17, 15) is 4.79 Å². The number of hydrogen-bond donors (Lipinski definition) is 1. The van der Waals surface area contributed by atoms with Crippen LogP contribution in [-0.4, -0.2) is 37.0 Å². The predicted molar refractivity (Wildman–Crippen MR) is 64.8 cm³/mol. The number of nitrogens with one attached hydrogen (secondary N) is 1. The van der Waals surface area contributed by atoms with Gasteiger partial charge < -0.3 is 10.2 Å². The number of carbonyl (C=O) groups is 1. The third kappa shape index (κ3) is 7.37. The summed E-state index contributed by atoms with van der Waals surface area (Å²) in [5.41, 5.74) is 0. The molecular formula is C12H26N2O. The fraction of sp³-hybridized carbons (Fsp3) is 0.917. The summed E-state index contributed by atoms with van der Waals surface area (Å²) < 4.78 is 0. The van der Waals surface area contributed by atoms with Crippen LogP contribution in [0.1, 0.15) is 34.6 Å². The fourth-order valence-corrected chi connectivity index (χ4v) is 1.50. The van der Waals surface area contributed by atoms with Gasteiger partial charge in [0.2, 0.25) is 5.91 Å². The highest BCUT2D eigenvalue weighted by molar-refractivity contribution is 5.78. The lowest BCUT2D eigenvalue weighted by molar-refractivity contribution is -0.131. The maximum Gasteiger partial charge on any atom is 0.236 e. The van der Waals surface area contributed by atoms with Crippen LogP contribution in [0, 0.1) is 11.8 Å². The van der Waals surface area contributed by atoms with Gasteiger partial charge in [-0.15, -0.1) is 0 Å². The number of amides is 1. The Kier molecular flexibility index (Phi) is 7.39. The molecule has 0 saturated carbocycles. The lowest BCUT2D eigenvalue weighted by Crippen LogP contribution is -2.42. The summed E-state index contributed by atoms with van der Waals surface area (Å²) >= 11 is 0. The molecule has 0 aliphatic heterocycles. The predicted octanol–water partition coefficient (Wildman–Crippen LogP) is 1.74. The van der Waals surface area contributed by atoms with Crippen molar-refractivity contribution < 1.29 is 4.79 Å². The van der Waals surface area contributed by atoms with Crippen molar-refractivity contribution >= 4 is 5.91 Å². The highest BCUT2D eigenvalue weighted by Gasteiger charge is 2.15. The van der Waals surface area contributed by atoms with Crippen LogP contribution in [0.3, 0.4) is 0 Å².